The molecule has 2 aliphatic carbocycles. The van der Waals surface area contributed by atoms with Crippen LogP contribution < -0.4 is 5.73 Å². The van der Waals surface area contributed by atoms with E-state index in [2.05, 4.69) is 40.2 Å². The van der Waals surface area contributed by atoms with Crippen molar-refractivity contribution >= 4 is 15.9 Å². The lowest BCUT2D eigenvalue weighted by atomic mass is 9.57. The van der Waals surface area contributed by atoms with E-state index >= 15 is 0 Å². The topological polar surface area (TPSA) is 26.0 Å². The molecule has 3 rings (SSSR count). The van der Waals surface area contributed by atoms with Crippen molar-refractivity contribution < 1.29 is 0 Å². The van der Waals surface area contributed by atoms with Gasteiger partial charge in [0.05, 0.1) is 0 Å². The van der Waals surface area contributed by atoms with Crippen LogP contribution in [0.15, 0.2) is 28.7 Å². The van der Waals surface area contributed by atoms with E-state index in [0.717, 1.165) is 6.54 Å². The SMILES string of the molecule is NCC1(C2(c3ccc(Br)cc3)CC2)CCC1. The standard InChI is InChI=1S/C14H18BrN/c15-12-4-2-11(3-5-12)14(8-9-14)13(10-16)6-1-7-13/h2-5H,1,6-10,16H2. The maximum absolute atomic E-state index is 6.05. The van der Waals surface area contributed by atoms with Gasteiger partial charge in [-0.15, -0.1) is 0 Å². The van der Waals surface area contributed by atoms with Gasteiger partial charge in [0.2, 0.25) is 0 Å². The summed E-state index contributed by atoms with van der Waals surface area (Å²) in [7, 11) is 0. The Morgan fingerprint density at radius 3 is 2.06 bits per heavy atom. The predicted molar refractivity (Wildman–Crippen MR) is 70.4 cm³/mol. The molecular formula is C14H18BrN. The molecule has 0 heterocycles. The first-order valence-corrected chi connectivity index (χ1v) is 6.98. The minimum absolute atomic E-state index is 0.431. The van der Waals surface area contributed by atoms with Crippen LogP contribution in [0.1, 0.15) is 37.7 Å². The fourth-order valence-electron chi connectivity index (χ4n) is 3.50. The zero-order valence-electron chi connectivity index (χ0n) is 9.51. The Morgan fingerprint density at radius 2 is 1.69 bits per heavy atom. The zero-order chi connectivity index (χ0) is 11.2. The van der Waals surface area contributed by atoms with E-state index in [1.807, 2.05) is 0 Å². The van der Waals surface area contributed by atoms with Crippen LogP contribution in [-0.4, -0.2) is 6.54 Å². The molecule has 0 amide bonds. The summed E-state index contributed by atoms with van der Waals surface area (Å²) in [4.78, 5) is 0. The van der Waals surface area contributed by atoms with Gasteiger partial charge < -0.3 is 5.73 Å². The van der Waals surface area contributed by atoms with Crippen molar-refractivity contribution in [3.63, 3.8) is 0 Å². The molecule has 0 spiro atoms. The summed E-state index contributed by atoms with van der Waals surface area (Å²) in [6, 6.07) is 8.90. The van der Waals surface area contributed by atoms with Gasteiger partial charge in [0.1, 0.15) is 0 Å². The Bertz CT molecular complexity index is 382. The molecule has 86 valence electrons. The maximum Gasteiger partial charge on any atom is 0.0175 e. The second-order valence-corrected chi connectivity index (χ2v) is 6.34. The summed E-state index contributed by atoms with van der Waals surface area (Å²) in [5, 5.41) is 0. The van der Waals surface area contributed by atoms with E-state index in [1.165, 1.54) is 42.1 Å². The first kappa shape index (κ1) is 10.8. The number of hydrogen-bond donors (Lipinski definition) is 1. The summed E-state index contributed by atoms with van der Waals surface area (Å²) in [5.74, 6) is 0. The predicted octanol–water partition coefficient (Wildman–Crippen LogP) is 3.61. The monoisotopic (exact) mass is 279 g/mol. The fourth-order valence-corrected chi connectivity index (χ4v) is 3.77. The van der Waals surface area contributed by atoms with Gasteiger partial charge in [-0.05, 0) is 55.3 Å². The molecule has 0 bridgehead atoms. The lowest BCUT2D eigenvalue weighted by molar-refractivity contribution is 0.0869. The highest BCUT2D eigenvalue weighted by Gasteiger charge is 2.61. The maximum atomic E-state index is 6.05. The molecule has 1 aromatic rings. The first-order chi connectivity index (χ1) is 7.72. The van der Waals surface area contributed by atoms with Crippen LogP contribution in [-0.2, 0) is 5.41 Å². The van der Waals surface area contributed by atoms with Crippen LogP contribution in [0.5, 0.6) is 0 Å². The summed E-state index contributed by atoms with van der Waals surface area (Å²) in [5.41, 5.74) is 8.43. The molecule has 0 saturated heterocycles. The number of hydrogen-bond acceptors (Lipinski definition) is 1. The lowest BCUT2D eigenvalue weighted by Crippen LogP contribution is -2.47. The zero-order valence-corrected chi connectivity index (χ0v) is 11.1. The number of halogens is 1. The Labute approximate surface area is 106 Å². The van der Waals surface area contributed by atoms with Crippen LogP contribution in [0.4, 0.5) is 0 Å². The average molecular weight is 280 g/mol. The van der Waals surface area contributed by atoms with E-state index in [0.29, 0.717) is 10.8 Å². The van der Waals surface area contributed by atoms with Crippen LogP contribution >= 0.6 is 15.9 Å². The molecule has 0 unspecified atom stereocenters. The lowest BCUT2D eigenvalue weighted by Gasteiger charge is -2.48. The quantitative estimate of drug-likeness (QED) is 0.899. The van der Waals surface area contributed by atoms with E-state index in [-0.39, 0.29) is 0 Å². The Hall–Kier alpha value is -0.340. The molecule has 0 aliphatic heterocycles. The van der Waals surface area contributed by atoms with Crippen molar-refractivity contribution in [2.75, 3.05) is 6.54 Å². The number of benzene rings is 1. The summed E-state index contributed by atoms with van der Waals surface area (Å²) in [6.07, 6.45) is 6.71. The van der Waals surface area contributed by atoms with Crippen molar-refractivity contribution in [1.82, 2.24) is 0 Å². The molecule has 0 aromatic heterocycles. The average Bonchev–Trinajstić information content (AvgIpc) is 3.00. The summed E-state index contributed by atoms with van der Waals surface area (Å²) < 4.78 is 1.17. The van der Waals surface area contributed by atoms with Gasteiger partial charge in [-0.2, -0.15) is 0 Å². The largest absolute Gasteiger partial charge is 0.330 e. The minimum atomic E-state index is 0.431. The van der Waals surface area contributed by atoms with Gasteiger partial charge in [-0.25, -0.2) is 0 Å². The van der Waals surface area contributed by atoms with Crippen LogP contribution in [0.3, 0.4) is 0 Å². The van der Waals surface area contributed by atoms with Crippen LogP contribution in [0.2, 0.25) is 0 Å². The van der Waals surface area contributed by atoms with Crippen molar-refractivity contribution in [3.8, 4) is 0 Å². The van der Waals surface area contributed by atoms with E-state index in [1.54, 1.807) is 0 Å². The minimum Gasteiger partial charge on any atom is -0.330 e. The molecule has 0 atom stereocenters. The Kier molecular flexibility index (Phi) is 2.41. The normalized spacial score (nSPS) is 24.9. The van der Waals surface area contributed by atoms with Gasteiger partial charge in [0.25, 0.3) is 0 Å². The van der Waals surface area contributed by atoms with E-state index < -0.39 is 0 Å². The molecule has 2 aliphatic rings. The third-order valence-corrected chi connectivity index (χ3v) is 5.39. The van der Waals surface area contributed by atoms with Gasteiger partial charge in [-0.1, -0.05) is 34.5 Å². The van der Waals surface area contributed by atoms with Gasteiger partial charge in [0.15, 0.2) is 0 Å². The molecule has 2 N–H and O–H groups in total. The summed E-state index contributed by atoms with van der Waals surface area (Å²) >= 11 is 3.51. The number of rotatable bonds is 3. The van der Waals surface area contributed by atoms with E-state index in [4.69, 9.17) is 5.73 Å². The van der Waals surface area contributed by atoms with Crippen molar-refractivity contribution in [2.24, 2.45) is 11.1 Å². The first-order valence-electron chi connectivity index (χ1n) is 6.19. The van der Waals surface area contributed by atoms with Gasteiger partial charge in [-0.3, -0.25) is 0 Å². The molecular weight excluding hydrogens is 262 g/mol. The van der Waals surface area contributed by atoms with Crippen molar-refractivity contribution in [1.29, 1.82) is 0 Å². The smallest absolute Gasteiger partial charge is 0.0175 e. The van der Waals surface area contributed by atoms with Gasteiger partial charge in [0, 0.05) is 9.89 Å². The molecule has 2 heteroatoms. The second kappa shape index (κ2) is 3.58. The van der Waals surface area contributed by atoms with E-state index in [9.17, 15) is 0 Å². The van der Waals surface area contributed by atoms with Gasteiger partial charge >= 0.3 is 0 Å². The fraction of sp³-hybridized carbons (Fsp3) is 0.571. The second-order valence-electron chi connectivity index (χ2n) is 5.43. The molecule has 2 saturated carbocycles. The molecule has 1 nitrogen and oxygen atoms in total. The Balaban J connectivity index is 1.96. The third-order valence-electron chi connectivity index (χ3n) is 4.86. The molecule has 1 aromatic carbocycles. The van der Waals surface area contributed by atoms with Crippen molar-refractivity contribution in [2.45, 2.75) is 37.5 Å². The highest BCUT2D eigenvalue weighted by atomic mass is 79.9. The third kappa shape index (κ3) is 1.32. The van der Waals surface area contributed by atoms with Crippen LogP contribution in [0.25, 0.3) is 0 Å². The highest BCUT2D eigenvalue weighted by Crippen LogP contribution is 2.66. The highest BCUT2D eigenvalue weighted by molar-refractivity contribution is 9.10. The molecule has 0 radical (unpaired) electrons. The van der Waals surface area contributed by atoms with Crippen molar-refractivity contribution in [3.05, 3.63) is 34.3 Å². The molecule has 16 heavy (non-hydrogen) atoms. The Morgan fingerprint density at radius 1 is 1.06 bits per heavy atom. The summed E-state index contributed by atoms with van der Waals surface area (Å²) in [6.45, 7) is 0.864. The van der Waals surface area contributed by atoms with Crippen LogP contribution in [0, 0.1) is 5.41 Å². The molecule has 2 fully saturated rings. The number of nitrogens with two attached hydrogens (primary N) is 1.